The average Bonchev–Trinajstić information content (AvgIpc) is 3.30. The highest BCUT2D eigenvalue weighted by Gasteiger charge is 2.30. The number of hydrogen-bond acceptors (Lipinski definition) is 8. The van der Waals surface area contributed by atoms with Gasteiger partial charge in [0.05, 0.1) is 9.60 Å². The van der Waals surface area contributed by atoms with Gasteiger partial charge >= 0.3 is 0 Å². The molecular formula is C16H17N3O4S4. The van der Waals surface area contributed by atoms with E-state index in [1.54, 1.807) is 29.6 Å². The molecule has 27 heavy (non-hydrogen) atoms. The molecule has 1 saturated heterocycles. The molecule has 0 N–H and O–H groups in total. The van der Waals surface area contributed by atoms with Gasteiger partial charge in [-0.05, 0) is 23.6 Å². The minimum atomic E-state index is -3.45. The number of nitrogens with zero attached hydrogens (tertiary/aromatic N) is 3. The smallest absolute Gasteiger partial charge is 0.252 e. The van der Waals surface area contributed by atoms with Crippen LogP contribution in [0.3, 0.4) is 0 Å². The molecule has 0 saturated carbocycles. The number of para-hydroxylation sites is 1. The summed E-state index contributed by atoms with van der Waals surface area (Å²) in [5, 5.41) is 2.47. The van der Waals surface area contributed by atoms with E-state index in [2.05, 4.69) is 4.98 Å². The van der Waals surface area contributed by atoms with Gasteiger partial charge in [-0.25, -0.2) is 21.8 Å². The molecule has 1 fully saturated rings. The van der Waals surface area contributed by atoms with Crippen LogP contribution in [0.25, 0.3) is 10.2 Å². The number of rotatable bonds is 4. The van der Waals surface area contributed by atoms with Crippen LogP contribution < -0.4 is 4.90 Å². The van der Waals surface area contributed by atoms with Crippen molar-refractivity contribution in [3.63, 3.8) is 0 Å². The van der Waals surface area contributed by atoms with Gasteiger partial charge in [-0.2, -0.15) is 4.31 Å². The fourth-order valence-corrected chi connectivity index (χ4v) is 7.51. The summed E-state index contributed by atoms with van der Waals surface area (Å²) in [6.07, 6.45) is 1.18. The van der Waals surface area contributed by atoms with E-state index in [1.807, 2.05) is 11.0 Å². The maximum Gasteiger partial charge on any atom is 0.252 e. The van der Waals surface area contributed by atoms with Gasteiger partial charge in [-0.15, -0.1) is 11.3 Å². The van der Waals surface area contributed by atoms with E-state index in [9.17, 15) is 16.8 Å². The Kier molecular flexibility index (Phi) is 4.75. The zero-order valence-corrected chi connectivity index (χ0v) is 17.7. The molecule has 4 rings (SSSR count). The van der Waals surface area contributed by atoms with Crippen LogP contribution in [0.2, 0.25) is 0 Å². The van der Waals surface area contributed by atoms with Gasteiger partial charge in [0.2, 0.25) is 0 Å². The first-order chi connectivity index (χ1) is 12.8. The number of thiophene rings is 1. The average molecular weight is 444 g/mol. The van der Waals surface area contributed by atoms with Gasteiger partial charge in [0.15, 0.2) is 15.0 Å². The molecule has 144 valence electrons. The Hall–Kier alpha value is -1.53. The van der Waals surface area contributed by atoms with E-state index < -0.39 is 19.9 Å². The first-order valence-electron chi connectivity index (χ1n) is 8.15. The molecule has 0 atom stereocenters. The van der Waals surface area contributed by atoms with Crippen molar-refractivity contribution < 1.29 is 16.8 Å². The molecule has 3 aromatic rings. The quantitative estimate of drug-likeness (QED) is 0.615. The minimum Gasteiger partial charge on any atom is -0.345 e. The molecule has 7 nitrogen and oxygen atoms in total. The molecule has 0 unspecified atom stereocenters. The molecule has 1 aromatic carbocycles. The van der Waals surface area contributed by atoms with E-state index in [1.165, 1.54) is 33.2 Å². The van der Waals surface area contributed by atoms with Crippen LogP contribution in [0.15, 0.2) is 44.8 Å². The van der Waals surface area contributed by atoms with Crippen molar-refractivity contribution in [2.45, 2.75) is 9.10 Å². The Labute approximate surface area is 165 Å². The number of hydrogen-bond donors (Lipinski definition) is 0. The molecular weight excluding hydrogens is 426 g/mol. The third-order valence-electron chi connectivity index (χ3n) is 4.37. The SMILES string of the molecule is CS(=O)(=O)c1cccc2sc(N3CCN(S(=O)(=O)c4cccs4)CC3)nc12. The summed E-state index contributed by atoms with van der Waals surface area (Å²) < 4.78 is 51.9. The topological polar surface area (TPSA) is 87.7 Å². The highest BCUT2D eigenvalue weighted by atomic mass is 32.2. The van der Waals surface area contributed by atoms with E-state index in [-0.39, 0.29) is 4.90 Å². The van der Waals surface area contributed by atoms with Crippen LogP contribution >= 0.6 is 22.7 Å². The van der Waals surface area contributed by atoms with Crippen LogP contribution in [0.5, 0.6) is 0 Å². The Balaban J connectivity index is 1.57. The fourth-order valence-electron chi connectivity index (χ4n) is 3.00. The molecule has 11 heteroatoms. The number of benzene rings is 1. The lowest BCUT2D eigenvalue weighted by Gasteiger charge is -2.33. The van der Waals surface area contributed by atoms with E-state index in [0.29, 0.717) is 41.0 Å². The lowest BCUT2D eigenvalue weighted by atomic mass is 10.3. The van der Waals surface area contributed by atoms with Crippen molar-refractivity contribution in [3.05, 3.63) is 35.7 Å². The van der Waals surface area contributed by atoms with E-state index in [4.69, 9.17) is 0 Å². The van der Waals surface area contributed by atoms with Crippen LogP contribution in [-0.4, -0.2) is 58.6 Å². The first-order valence-corrected chi connectivity index (χ1v) is 13.2. The Bertz CT molecular complexity index is 1180. The molecule has 0 spiro atoms. The second kappa shape index (κ2) is 6.82. The number of aromatic nitrogens is 1. The molecule has 2 aromatic heterocycles. The highest BCUT2D eigenvalue weighted by molar-refractivity contribution is 7.91. The van der Waals surface area contributed by atoms with Crippen LogP contribution in [0.4, 0.5) is 5.13 Å². The highest BCUT2D eigenvalue weighted by Crippen LogP contribution is 2.33. The lowest BCUT2D eigenvalue weighted by Crippen LogP contribution is -2.48. The summed E-state index contributed by atoms with van der Waals surface area (Å²) >= 11 is 2.64. The Morgan fingerprint density at radius 3 is 2.37 bits per heavy atom. The molecule has 3 heterocycles. The van der Waals surface area contributed by atoms with Gasteiger partial charge in [0.25, 0.3) is 10.0 Å². The summed E-state index contributed by atoms with van der Waals surface area (Å²) in [7, 11) is -6.81. The van der Waals surface area contributed by atoms with E-state index in [0.717, 1.165) is 4.70 Å². The van der Waals surface area contributed by atoms with Crippen molar-refractivity contribution in [2.24, 2.45) is 0 Å². The van der Waals surface area contributed by atoms with Gasteiger partial charge in [-0.3, -0.25) is 0 Å². The molecule has 0 radical (unpaired) electrons. The first kappa shape index (κ1) is 18.8. The predicted octanol–water partition coefficient (Wildman–Crippen LogP) is 2.27. The molecule has 1 aliphatic heterocycles. The maximum atomic E-state index is 12.6. The van der Waals surface area contributed by atoms with Gasteiger partial charge in [0.1, 0.15) is 9.73 Å². The predicted molar refractivity (Wildman–Crippen MR) is 108 cm³/mol. The molecule has 0 bridgehead atoms. The molecule has 0 amide bonds. The standard InChI is InChI=1S/C16H17N3O4S4/c1-26(20,21)13-5-2-4-12-15(13)17-16(25-12)18-7-9-19(10-8-18)27(22,23)14-6-3-11-24-14/h2-6,11H,7-10H2,1H3. The van der Waals surface area contributed by atoms with Crippen molar-refractivity contribution in [2.75, 3.05) is 37.3 Å². The van der Waals surface area contributed by atoms with Gasteiger partial charge in [0, 0.05) is 32.4 Å². The van der Waals surface area contributed by atoms with Crippen molar-refractivity contribution in [1.29, 1.82) is 0 Å². The van der Waals surface area contributed by atoms with Crippen molar-refractivity contribution >= 4 is 57.9 Å². The summed E-state index contributed by atoms with van der Waals surface area (Å²) in [5.74, 6) is 0. The summed E-state index contributed by atoms with van der Waals surface area (Å²) in [6.45, 7) is 1.77. The zero-order chi connectivity index (χ0) is 19.2. The fraction of sp³-hybridized carbons (Fsp3) is 0.312. The number of fused-ring (bicyclic) bond motifs is 1. The number of sulfonamides is 1. The number of thiazole rings is 1. The minimum absolute atomic E-state index is 0.224. The number of piperazine rings is 1. The van der Waals surface area contributed by atoms with E-state index >= 15 is 0 Å². The number of sulfone groups is 1. The second-order valence-corrected chi connectivity index (χ2v) is 12.3. The zero-order valence-electron chi connectivity index (χ0n) is 14.4. The normalized spacial score (nSPS) is 16.9. The van der Waals surface area contributed by atoms with Crippen molar-refractivity contribution in [3.8, 4) is 0 Å². The maximum absolute atomic E-state index is 12.6. The van der Waals surface area contributed by atoms with Crippen LogP contribution in [0, 0.1) is 0 Å². The van der Waals surface area contributed by atoms with Gasteiger partial charge in [-0.1, -0.05) is 23.5 Å². The Morgan fingerprint density at radius 2 is 1.74 bits per heavy atom. The molecule has 0 aliphatic carbocycles. The van der Waals surface area contributed by atoms with Gasteiger partial charge < -0.3 is 4.90 Å². The lowest BCUT2D eigenvalue weighted by molar-refractivity contribution is 0.386. The monoisotopic (exact) mass is 443 g/mol. The second-order valence-electron chi connectivity index (χ2n) is 6.19. The third-order valence-corrected chi connectivity index (χ3v) is 9.85. The van der Waals surface area contributed by atoms with Crippen LogP contribution in [-0.2, 0) is 19.9 Å². The summed E-state index contributed by atoms with van der Waals surface area (Å²) in [4.78, 5) is 6.77. The van der Waals surface area contributed by atoms with Crippen LogP contribution in [0.1, 0.15) is 0 Å². The summed E-state index contributed by atoms with van der Waals surface area (Å²) in [5.41, 5.74) is 0.480. The molecule has 1 aliphatic rings. The number of anilines is 1. The Morgan fingerprint density at radius 1 is 1.00 bits per heavy atom. The van der Waals surface area contributed by atoms with Crippen molar-refractivity contribution in [1.82, 2.24) is 9.29 Å². The summed E-state index contributed by atoms with van der Waals surface area (Å²) in [6, 6.07) is 8.47. The largest absolute Gasteiger partial charge is 0.345 e. The third kappa shape index (κ3) is 3.49.